The number of carbonyl (C=O) groups is 1. The van der Waals surface area contributed by atoms with Gasteiger partial charge in [0.05, 0.1) is 5.56 Å². The molecule has 2 N–H and O–H groups in total. The molecule has 0 atom stereocenters. The van der Waals surface area contributed by atoms with E-state index in [2.05, 4.69) is 37.7 Å². The zero-order chi connectivity index (χ0) is 18.0. The maximum Gasteiger partial charge on any atom is 0.254 e. The molecule has 0 unspecified atom stereocenters. The molecule has 1 amide bonds. The van der Waals surface area contributed by atoms with Crippen LogP contribution in [-0.4, -0.2) is 27.4 Å². The van der Waals surface area contributed by atoms with Crippen LogP contribution < -0.4 is 10.6 Å². The molecule has 2 heterocycles. The predicted molar refractivity (Wildman–Crippen MR) is 101 cm³/mol. The fourth-order valence-corrected chi connectivity index (χ4v) is 2.46. The first-order valence-electron chi connectivity index (χ1n) is 8.58. The molecule has 0 radical (unpaired) electrons. The summed E-state index contributed by atoms with van der Waals surface area (Å²) in [4.78, 5) is 24.6. The molecule has 0 bridgehead atoms. The number of nitrogens with one attached hydrogen (secondary N) is 2. The van der Waals surface area contributed by atoms with Gasteiger partial charge in [0.25, 0.3) is 5.91 Å². The molecule has 0 saturated carbocycles. The first kappa shape index (κ1) is 17.5. The number of benzene rings is 1. The average Bonchev–Trinajstić information content (AvgIpc) is 2.71. The van der Waals surface area contributed by atoms with Crippen molar-refractivity contribution in [2.75, 3.05) is 11.9 Å². The van der Waals surface area contributed by atoms with Crippen LogP contribution in [0.2, 0.25) is 0 Å². The Kier molecular flexibility index (Phi) is 6.25. The molecule has 0 saturated heterocycles. The fraction of sp³-hybridized carbons (Fsp3) is 0.200. The topological polar surface area (TPSA) is 79.8 Å². The number of amides is 1. The van der Waals surface area contributed by atoms with Crippen LogP contribution in [0.1, 0.15) is 27.9 Å². The van der Waals surface area contributed by atoms with Crippen molar-refractivity contribution in [2.45, 2.75) is 19.4 Å². The van der Waals surface area contributed by atoms with Gasteiger partial charge in [-0.15, -0.1) is 0 Å². The summed E-state index contributed by atoms with van der Waals surface area (Å²) in [6, 6.07) is 14.1. The van der Waals surface area contributed by atoms with Crippen molar-refractivity contribution >= 4 is 11.9 Å². The Hall–Kier alpha value is -3.28. The summed E-state index contributed by atoms with van der Waals surface area (Å²) in [7, 11) is 0. The van der Waals surface area contributed by atoms with Crippen molar-refractivity contribution in [3.63, 3.8) is 0 Å². The van der Waals surface area contributed by atoms with E-state index in [1.807, 2.05) is 30.3 Å². The molecule has 0 fully saturated rings. The van der Waals surface area contributed by atoms with Gasteiger partial charge in [0, 0.05) is 37.9 Å². The standard InChI is InChI=1S/C20H21N5O/c26-19(22-11-5-8-16-6-2-1-3-7-16)18-14-24-20(25-15-18)23-13-17-9-4-10-21-12-17/h1-4,6-7,9-10,12,14-15H,5,8,11,13H2,(H,22,26)(H,23,24,25). The zero-order valence-corrected chi connectivity index (χ0v) is 14.4. The van der Waals surface area contributed by atoms with Crippen LogP contribution in [0.25, 0.3) is 0 Å². The normalized spacial score (nSPS) is 10.3. The van der Waals surface area contributed by atoms with E-state index in [4.69, 9.17) is 0 Å². The minimum absolute atomic E-state index is 0.156. The third-order valence-corrected chi connectivity index (χ3v) is 3.86. The molecular formula is C20H21N5O. The third-order valence-electron chi connectivity index (χ3n) is 3.86. The van der Waals surface area contributed by atoms with Crippen LogP contribution in [0.4, 0.5) is 5.95 Å². The number of aryl methyl sites for hydroxylation is 1. The highest BCUT2D eigenvalue weighted by molar-refractivity contribution is 5.93. The minimum atomic E-state index is -0.156. The van der Waals surface area contributed by atoms with E-state index in [1.54, 1.807) is 12.4 Å². The second kappa shape index (κ2) is 9.27. The highest BCUT2D eigenvalue weighted by atomic mass is 16.1. The number of hydrogen-bond donors (Lipinski definition) is 2. The highest BCUT2D eigenvalue weighted by Crippen LogP contribution is 2.04. The second-order valence-corrected chi connectivity index (χ2v) is 5.86. The summed E-state index contributed by atoms with van der Waals surface area (Å²) < 4.78 is 0. The average molecular weight is 347 g/mol. The lowest BCUT2D eigenvalue weighted by molar-refractivity contribution is 0.0952. The van der Waals surface area contributed by atoms with Gasteiger partial charge in [-0.05, 0) is 30.0 Å². The van der Waals surface area contributed by atoms with E-state index in [-0.39, 0.29) is 5.91 Å². The van der Waals surface area contributed by atoms with E-state index in [9.17, 15) is 4.79 Å². The van der Waals surface area contributed by atoms with Crippen LogP contribution in [0, 0.1) is 0 Å². The molecule has 6 heteroatoms. The second-order valence-electron chi connectivity index (χ2n) is 5.86. The molecule has 3 aromatic rings. The number of hydrogen-bond acceptors (Lipinski definition) is 5. The largest absolute Gasteiger partial charge is 0.352 e. The Morgan fingerprint density at radius 3 is 2.42 bits per heavy atom. The summed E-state index contributed by atoms with van der Waals surface area (Å²) in [5.74, 6) is 0.325. The third kappa shape index (κ3) is 5.37. The lowest BCUT2D eigenvalue weighted by Gasteiger charge is -2.07. The maximum absolute atomic E-state index is 12.1. The van der Waals surface area contributed by atoms with Crippen LogP contribution in [0.15, 0.2) is 67.3 Å². The number of aromatic nitrogens is 3. The van der Waals surface area contributed by atoms with Crippen molar-refractivity contribution in [3.8, 4) is 0 Å². The summed E-state index contributed by atoms with van der Waals surface area (Å²) in [6.45, 7) is 1.20. The quantitative estimate of drug-likeness (QED) is 0.613. The maximum atomic E-state index is 12.1. The summed E-state index contributed by atoms with van der Waals surface area (Å²) in [5, 5.41) is 6.00. The molecule has 6 nitrogen and oxygen atoms in total. The smallest absolute Gasteiger partial charge is 0.254 e. The Bertz CT molecular complexity index is 807. The summed E-state index contributed by atoms with van der Waals surface area (Å²) >= 11 is 0. The molecular weight excluding hydrogens is 326 g/mol. The van der Waals surface area contributed by atoms with Crippen molar-refractivity contribution in [2.24, 2.45) is 0 Å². The van der Waals surface area contributed by atoms with Crippen LogP contribution >= 0.6 is 0 Å². The molecule has 0 spiro atoms. The van der Waals surface area contributed by atoms with Crippen molar-refractivity contribution < 1.29 is 4.79 Å². The van der Waals surface area contributed by atoms with E-state index in [0.717, 1.165) is 18.4 Å². The van der Waals surface area contributed by atoms with Gasteiger partial charge >= 0.3 is 0 Å². The van der Waals surface area contributed by atoms with Gasteiger partial charge in [-0.1, -0.05) is 36.4 Å². The number of rotatable bonds is 8. The van der Waals surface area contributed by atoms with E-state index < -0.39 is 0 Å². The van der Waals surface area contributed by atoms with E-state index >= 15 is 0 Å². The Balaban J connectivity index is 1.41. The number of nitrogens with zero attached hydrogens (tertiary/aromatic N) is 3. The molecule has 0 aliphatic heterocycles. The highest BCUT2D eigenvalue weighted by Gasteiger charge is 2.06. The molecule has 132 valence electrons. The fourth-order valence-electron chi connectivity index (χ4n) is 2.46. The minimum Gasteiger partial charge on any atom is -0.352 e. The van der Waals surface area contributed by atoms with E-state index in [1.165, 1.54) is 18.0 Å². The number of carbonyl (C=O) groups excluding carboxylic acids is 1. The summed E-state index contributed by atoms with van der Waals surface area (Å²) in [6.07, 6.45) is 8.41. The monoisotopic (exact) mass is 347 g/mol. The SMILES string of the molecule is O=C(NCCCc1ccccc1)c1cnc(NCc2cccnc2)nc1. The van der Waals surface area contributed by atoms with Crippen LogP contribution in [0.3, 0.4) is 0 Å². The number of anilines is 1. The lowest BCUT2D eigenvalue weighted by Crippen LogP contribution is -2.25. The Morgan fingerprint density at radius 1 is 0.923 bits per heavy atom. The predicted octanol–water partition coefficient (Wildman–Crippen LogP) is 2.85. The molecule has 2 aromatic heterocycles. The van der Waals surface area contributed by atoms with Gasteiger partial charge < -0.3 is 10.6 Å². The molecule has 0 aliphatic rings. The molecule has 26 heavy (non-hydrogen) atoms. The Labute approximate surface area is 152 Å². The van der Waals surface area contributed by atoms with Gasteiger partial charge in [0.2, 0.25) is 5.95 Å². The Morgan fingerprint density at radius 2 is 1.69 bits per heavy atom. The van der Waals surface area contributed by atoms with Crippen molar-refractivity contribution in [1.29, 1.82) is 0 Å². The molecule has 1 aromatic carbocycles. The van der Waals surface area contributed by atoms with Gasteiger partial charge in [-0.3, -0.25) is 9.78 Å². The lowest BCUT2D eigenvalue weighted by atomic mass is 10.1. The van der Waals surface area contributed by atoms with Crippen molar-refractivity contribution in [3.05, 3.63) is 83.9 Å². The zero-order valence-electron chi connectivity index (χ0n) is 14.4. The van der Waals surface area contributed by atoms with Gasteiger partial charge in [-0.25, -0.2) is 9.97 Å². The van der Waals surface area contributed by atoms with Crippen LogP contribution in [0.5, 0.6) is 0 Å². The molecule has 0 aliphatic carbocycles. The van der Waals surface area contributed by atoms with Crippen LogP contribution in [-0.2, 0) is 13.0 Å². The van der Waals surface area contributed by atoms with Gasteiger partial charge in [0.1, 0.15) is 0 Å². The van der Waals surface area contributed by atoms with Crippen molar-refractivity contribution in [1.82, 2.24) is 20.3 Å². The van der Waals surface area contributed by atoms with Gasteiger partial charge in [-0.2, -0.15) is 0 Å². The number of pyridine rings is 1. The van der Waals surface area contributed by atoms with E-state index in [0.29, 0.717) is 24.6 Å². The first-order valence-corrected chi connectivity index (χ1v) is 8.58. The summed E-state index contributed by atoms with van der Waals surface area (Å²) in [5.41, 5.74) is 2.77. The molecule has 3 rings (SSSR count). The van der Waals surface area contributed by atoms with Gasteiger partial charge in [0.15, 0.2) is 0 Å². The first-order chi connectivity index (χ1) is 12.8.